The quantitative estimate of drug-likeness (QED) is 0.749. The first-order valence-corrected chi connectivity index (χ1v) is 4.49. The van der Waals surface area contributed by atoms with Gasteiger partial charge in [-0.15, -0.1) is 0 Å². The minimum Gasteiger partial charge on any atom is -0.481 e. The summed E-state index contributed by atoms with van der Waals surface area (Å²) >= 11 is 0. The third-order valence-corrected chi connectivity index (χ3v) is 2.85. The Hall–Kier alpha value is -1.31. The number of hydrogen-bond donors (Lipinski definition) is 1. The summed E-state index contributed by atoms with van der Waals surface area (Å²) in [6, 6.07) is 9.87. The Labute approximate surface area is 77.2 Å². The highest BCUT2D eigenvalue weighted by molar-refractivity contribution is 5.76. The molecule has 2 nitrogen and oxygen atoms in total. The van der Waals surface area contributed by atoms with Gasteiger partial charge in [0.15, 0.2) is 0 Å². The summed E-state index contributed by atoms with van der Waals surface area (Å²) in [6.45, 7) is 2.00. The fraction of sp³-hybridized carbons (Fsp3) is 0.364. The monoisotopic (exact) mass is 176 g/mol. The van der Waals surface area contributed by atoms with Gasteiger partial charge in [-0.2, -0.15) is 0 Å². The molecule has 13 heavy (non-hydrogen) atoms. The third kappa shape index (κ3) is 1.32. The summed E-state index contributed by atoms with van der Waals surface area (Å²) in [7, 11) is 0. The number of carbonyl (C=O) groups is 1. The molecular weight excluding hydrogens is 164 g/mol. The van der Waals surface area contributed by atoms with Gasteiger partial charge in [-0.1, -0.05) is 37.3 Å². The van der Waals surface area contributed by atoms with Crippen LogP contribution in [0.5, 0.6) is 0 Å². The highest BCUT2D eigenvalue weighted by Crippen LogP contribution is 2.53. The lowest BCUT2D eigenvalue weighted by molar-refractivity contribution is -0.138. The average molecular weight is 176 g/mol. The fourth-order valence-corrected chi connectivity index (χ4v) is 2.03. The highest BCUT2D eigenvalue weighted by Gasteiger charge is 2.52. The highest BCUT2D eigenvalue weighted by atomic mass is 16.4. The van der Waals surface area contributed by atoms with Gasteiger partial charge in [0, 0.05) is 5.92 Å². The molecule has 0 amide bonds. The van der Waals surface area contributed by atoms with Crippen molar-refractivity contribution in [2.24, 2.45) is 11.8 Å². The Morgan fingerprint density at radius 1 is 1.31 bits per heavy atom. The van der Waals surface area contributed by atoms with Gasteiger partial charge in [0.25, 0.3) is 0 Å². The van der Waals surface area contributed by atoms with Crippen LogP contribution in [-0.4, -0.2) is 11.1 Å². The van der Waals surface area contributed by atoms with Gasteiger partial charge in [0.05, 0.1) is 5.92 Å². The van der Waals surface area contributed by atoms with Crippen molar-refractivity contribution in [1.82, 2.24) is 0 Å². The molecule has 2 rings (SSSR count). The molecule has 0 aliphatic heterocycles. The zero-order chi connectivity index (χ0) is 9.42. The van der Waals surface area contributed by atoms with Crippen molar-refractivity contribution in [3.05, 3.63) is 35.9 Å². The zero-order valence-electron chi connectivity index (χ0n) is 7.47. The predicted molar refractivity (Wildman–Crippen MR) is 49.5 cm³/mol. The van der Waals surface area contributed by atoms with Crippen molar-refractivity contribution in [3.8, 4) is 0 Å². The van der Waals surface area contributed by atoms with E-state index in [1.54, 1.807) is 0 Å². The molecule has 0 bridgehead atoms. The molecule has 0 spiro atoms. The van der Waals surface area contributed by atoms with Crippen molar-refractivity contribution in [2.75, 3.05) is 0 Å². The van der Waals surface area contributed by atoms with Gasteiger partial charge in [-0.05, 0) is 11.5 Å². The Morgan fingerprint density at radius 2 is 1.92 bits per heavy atom. The summed E-state index contributed by atoms with van der Waals surface area (Å²) in [5.74, 6) is -0.303. The number of rotatable bonds is 2. The number of benzene rings is 1. The summed E-state index contributed by atoms with van der Waals surface area (Å²) in [6.07, 6.45) is 0. The molecule has 1 aromatic rings. The second-order valence-corrected chi connectivity index (χ2v) is 3.66. The van der Waals surface area contributed by atoms with Crippen LogP contribution in [0, 0.1) is 11.8 Å². The van der Waals surface area contributed by atoms with Crippen molar-refractivity contribution >= 4 is 5.97 Å². The third-order valence-electron chi connectivity index (χ3n) is 2.85. The van der Waals surface area contributed by atoms with E-state index in [9.17, 15) is 4.79 Å². The molecule has 68 valence electrons. The largest absolute Gasteiger partial charge is 0.481 e. The summed E-state index contributed by atoms with van der Waals surface area (Å²) in [4.78, 5) is 10.8. The van der Waals surface area contributed by atoms with Gasteiger partial charge in [0.2, 0.25) is 0 Å². The van der Waals surface area contributed by atoms with Crippen LogP contribution in [0.15, 0.2) is 30.3 Å². The van der Waals surface area contributed by atoms with Crippen LogP contribution >= 0.6 is 0 Å². The van der Waals surface area contributed by atoms with Crippen LogP contribution in [-0.2, 0) is 4.79 Å². The molecule has 1 saturated carbocycles. The van der Waals surface area contributed by atoms with Crippen LogP contribution in [0.3, 0.4) is 0 Å². The van der Waals surface area contributed by atoms with E-state index in [0.29, 0.717) is 5.92 Å². The van der Waals surface area contributed by atoms with Crippen molar-refractivity contribution in [1.29, 1.82) is 0 Å². The number of hydrogen-bond acceptors (Lipinski definition) is 1. The van der Waals surface area contributed by atoms with Crippen LogP contribution < -0.4 is 0 Å². The molecule has 1 aromatic carbocycles. The van der Waals surface area contributed by atoms with E-state index < -0.39 is 5.97 Å². The van der Waals surface area contributed by atoms with E-state index >= 15 is 0 Å². The van der Waals surface area contributed by atoms with Gasteiger partial charge in [-0.3, -0.25) is 4.79 Å². The number of aliphatic carboxylic acids is 1. The van der Waals surface area contributed by atoms with Gasteiger partial charge < -0.3 is 5.11 Å². The van der Waals surface area contributed by atoms with Gasteiger partial charge >= 0.3 is 5.97 Å². The number of carboxylic acid groups (broad SMARTS) is 1. The second-order valence-electron chi connectivity index (χ2n) is 3.66. The first-order chi connectivity index (χ1) is 6.22. The molecular formula is C11H12O2. The molecule has 0 heterocycles. The molecule has 1 aliphatic rings. The van der Waals surface area contributed by atoms with Gasteiger partial charge in [-0.25, -0.2) is 0 Å². The molecule has 1 aliphatic carbocycles. The van der Waals surface area contributed by atoms with E-state index in [-0.39, 0.29) is 11.8 Å². The van der Waals surface area contributed by atoms with Crippen LogP contribution in [0.25, 0.3) is 0 Å². The maximum atomic E-state index is 10.8. The Balaban J connectivity index is 2.18. The molecule has 0 aromatic heterocycles. The Morgan fingerprint density at radius 3 is 2.38 bits per heavy atom. The summed E-state index contributed by atoms with van der Waals surface area (Å²) < 4.78 is 0. The number of carboxylic acids is 1. The van der Waals surface area contributed by atoms with E-state index in [1.165, 1.54) is 0 Å². The molecule has 2 heteroatoms. The molecule has 1 N–H and O–H groups in total. The van der Waals surface area contributed by atoms with Gasteiger partial charge in [0.1, 0.15) is 0 Å². The summed E-state index contributed by atoms with van der Waals surface area (Å²) in [5, 5.41) is 8.86. The normalized spacial score (nSPS) is 31.3. The molecule has 0 unspecified atom stereocenters. The molecule has 0 radical (unpaired) electrons. The maximum Gasteiger partial charge on any atom is 0.307 e. The van der Waals surface area contributed by atoms with Crippen molar-refractivity contribution in [3.63, 3.8) is 0 Å². The second kappa shape index (κ2) is 2.87. The molecule has 3 atom stereocenters. The predicted octanol–water partition coefficient (Wildman–Crippen LogP) is 2.12. The fourth-order valence-electron chi connectivity index (χ4n) is 2.03. The first kappa shape index (κ1) is 8.30. The smallest absolute Gasteiger partial charge is 0.307 e. The topological polar surface area (TPSA) is 37.3 Å². The Bertz CT molecular complexity index is 318. The SMILES string of the molecule is C[C@H]1[C@@H](C(=O)O)[C@H]1c1ccccc1. The van der Waals surface area contributed by atoms with Crippen molar-refractivity contribution in [2.45, 2.75) is 12.8 Å². The van der Waals surface area contributed by atoms with E-state index in [1.807, 2.05) is 37.3 Å². The van der Waals surface area contributed by atoms with Crippen LogP contribution in [0.2, 0.25) is 0 Å². The molecule has 1 fully saturated rings. The maximum absolute atomic E-state index is 10.8. The first-order valence-electron chi connectivity index (χ1n) is 4.49. The van der Waals surface area contributed by atoms with Crippen LogP contribution in [0.4, 0.5) is 0 Å². The lowest BCUT2D eigenvalue weighted by atomic mass is 10.1. The van der Waals surface area contributed by atoms with E-state index in [0.717, 1.165) is 5.56 Å². The molecule has 0 saturated heterocycles. The Kier molecular flexibility index (Phi) is 1.83. The lowest BCUT2D eigenvalue weighted by Crippen LogP contribution is -1.99. The average Bonchev–Trinajstić information content (AvgIpc) is 2.79. The van der Waals surface area contributed by atoms with Crippen LogP contribution in [0.1, 0.15) is 18.4 Å². The van der Waals surface area contributed by atoms with E-state index in [2.05, 4.69) is 0 Å². The lowest BCUT2D eigenvalue weighted by Gasteiger charge is -1.96. The standard InChI is InChI=1S/C11H12O2/c1-7-9(10(7)11(12)13)8-5-3-2-4-6-8/h2-7,9-10H,1H3,(H,12,13)/t7-,9-,10-/m1/s1. The van der Waals surface area contributed by atoms with Crippen molar-refractivity contribution < 1.29 is 9.90 Å². The zero-order valence-corrected chi connectivity index (χ0v) is 7.47. The minimum absolute atomic E-state index is 0.164. The summed E-state index contributed by atoms with van der Waals surface area (Å²) in [5.41, 5.74) is 1.16. The van der Waals surface area contributed by atoms with E-state index in [4.69, 9.17) is 5.11 Å². The minimum atomic E-state index is -0.665.